The van der Waals surface area contributed by atoms with E-state index in [9.17, 15) is 19.2 Å². The molecule has 6 rings (SSSR count). The fourth-order valence-corrected chi connectivity index (χ4v) is 6.98. The van der Waals surface area contributed by atoms with Gasteiger partial charge >= 0.3 is 11.9 Å². The van der Waals surface area contributed by atoms with Gasteiger partial charge in [0.2, 0.25) is 0 Å². The van der Waals surface area contributed by atoms with E-state index in [4.69, 9.17) is 20.0 Å². The summed E-state index contributed by atoms with van der Waals surface area (Å²) in [6, 6.07) is 17.5. The second-order valence-corrected chi connectivity index (χ2v) is 12.3. The number of benzene rings is 2. The van der Waals surface area contributed by atoms with Crippen LogP contribution in [0.5, 0.6) is 0 Å². The van der Waals surface area contributed by atoms with Gasteiger partial charge in [0.05, 0.1) is 0 Å². The Morgan fingerprint density at radius 2 is 1.80 bits per heavy atom. The second-order valence-electron chi connectivity index (χ2n) is 10.3. The summed E-state index contributed by atoms with van der Waals surface area (Å²) >= 11 is 2.46. The van der Waals surface area contributed by atoms with Gasteiger partial charge in [0.15, 0.2) is 16.9 Å². The van der Waals surface area contributed by atoms with E-state index < -0.39 is 41.3 Å². The summed E-state index contributed by atoms with van der Waals surface area (Å²) in [4.78, 5) is 63.4. The molecule has 46 heavy (non-hydrogen) atoms. The predicted molar refractivity (Wildman–Crippen MR) is 171 cm³/mol. The number of esters is 2. The molecule has 1 fully saturated rings. The van der Waals surface area contributed by atoms with Crippen LogP contribution in [0.25, 0.3) is 0 Å². The van der Waals surface area contributed by atoms with Crippen LogP contribution in [0, 0.1) is 0 Å². The maximum Gasteiger partial charge on any atom is 0.356 e. The standard InChI is InChI=1S/C32H27N5O7S2/c1-17-13-21(43-30(17)40)14-20-15-45-29-24(35-27(38)23(36-42-2)22-16-46-32(33)34-22)28(39)37(29)25(20)31(41)44-26(18-9-5-3-6-10-18)19-11-7-4-8-12-19/h3-14,16,24,26,29H,15H2,1-2H3,(H2,33,34)(H,35,38)/b21-14+,36-23-/t24-,29-/m1/s1. The zero-order valence-electron chi connectivity index (χ0n) is 24.5. The van der Waals surface area contributed by atoms with E-state index in [1.165, 1.54) is 23.8 Å². The Bertz CT molecular complexity index is 1800. The number of amides is 2. The number of allylic oxidation sites excluding steroid dienone is 2. The van der Waals surface area contributed by atoms with Gasteiger partial charge in [-0.05, 0) is 35.8 Å². The lowest BCUT2D eigenvalue weighted by Crippen LogP contribution is -2.71. The minimum absolute atomic E-state index is 0.00401. The van der Waals surface area contributed by atoms with Gasteiger partial charge in [-0.3, -0.25) is 14.5 Å². The van der Waals surface area contributed by atoms with Gasteiger partial charge < -0.3 is 25.4 Å². The molecule has 4 heterocycles. The first kappa shape index (κ1) is 30.8. The van der Waals surface area contributed by atoms with Crippen molar-refractivity contribution in [2.75, 3.05) is 18.6 Å². The van der Waals surface area contributed by atoms with Gasteiger partial charge in [0.1, 0.15) is 35.7 Å². The van der Waals surface area contributed by atoms with Crippen LogP contribution < -0.4 is 11.1 Å². The fraction of sp³-hybridized carbons (Fsp3) is 0.188. The molecule has 234 valence electrons. The molecule has 0 aliphatic carbocycles. The van der Waals surface area contributed by atoms with Crippen molar-refractivity contribution in [2.24, 2.45) is 5.16 Å². The van der Waals surface area contributed by atoms with Crippen LogP contribution in [-0.2, 0) is 33.5 Å². The number of thioether (sulfide) groups is 1. The molecule has 3 aliphatic rings. The van der Waals surface area contributed by atoms with Crippen molar-refractivity contribution < 1.29 is 33.5 Å². The molecular weight excluding hydrogens is 631 g/mol. The number of ether oxygens (including phenoxy) is 2. The number of hydrogen-bond donors (Lipinski definition) is 2. The van der Waals surface area contributed by atoms with Crippen molar-refractivity contribution >= 4 is 57.7 Å². The van der Waals surface area contributed by atoms with Crippen LogP contribution in [0.2, 0.25) is 0 Å². The Morgan fingerprint density at radius 1 is 1.13 bits per heavy atom. The zero-order valence-corrected chi connectivity index (χ0v) is 26.2. The second kappa shape index (κ2) is 13.0. The van der Waals surface area contributed by atoms with Crippen molar-refractivity contribution in [3.05, 3.63) is 118 Å². The van der Waals surface area contributed by atoms with E-state index in [1.807, 2.05) is 60.7 Å². The first-order valence-electron chi connectivity index (χ1n) is 14.0. The van der Waals surface area contributed by atoms with Crippen LogP contribution in [0.15, 0.2) is 106 Å². The maximum absolute atomic E-state index is 14.1. The average Bonchev–Trinajstić information content (AvgIpc) is 3.64. The first-order chi connectivity index (χ1) is 22.2. The summed E-state index contributed by atoms with van der Waals surface area (Å²) in [5.74, 6) is -1.98. The smallest absolute Gasteiger partial charge is 0.356 e. The molecule has 1 saturated heterocycles. The molecule has 3 N–H and O–H groups in total. The molecule has 0 saturated carbocycles. The van der Waals surface area contributed by atoms with Gasteiger partial charge in [-0.2, -0.15) is 0 Å². The Hall–Kier alpha value is -5.21. The summed E-state index contributed by atoms with van der Waals surface area (Å²) in [6.45, 7) is 1.62. The maximum atomic E-state index is 14.1. The third-order valence-corrected chi connectivity index (χ3v) is 9.25. The number of carbonyl (C=O) groups excluding carboxylic acids is 4. The number of nitrogen functional groups attached to an aromatic ring is 1. The molecule has 2 atom stereocenters. The number of β-lactam (4-membered cyclic amide) rings is 1. The number of fused-ring (bicyclic) bond motifs is 1. The summed E-state index contributed by atoms with van der Waals surface area (Å²) in [5.41, 5.74) is 8.08. The number of rotatable bonds is 9. The molecule has 1 aromatic heterocycles. The van der Waals surface area contributed by atoms with Crippen LogP contribution in [0.3, 0.4) is 0 Å². The van der Waals surface area contributed by atoms with E-state index in [0.29, 0.717) is 11.1 Å². The number of cyclic esters (lactones) is 1. The summed E-state index contributed by atoms with van der Waals surface area (Å²) < 4.78 is 11.5. The lowest BCUT2D eigenvalue weighted by Gasteiger charge is -2.49. The minimum atomic E-state index is -0.988. The number of anilines is 1. The number of nitrogens with zero attached hydrogens (tertiary/aromatic N) is 3. The van der Waals surface area contributed by atoms with Gasteiger partial charge in [-0.15, -0.1) is 23.1 Å². The number of nitrogens with one attached hydrogen (secondary N) is 1. The largest absolute Gasteiger partial charge is 0.448 e. The van der Waals surface area contributed by atoms with Gasteiger partial charge in [-0.1, -0.05) is 65.8 Å². The van der Waals surface area contributed by atoms with E-state index >= 15 is 0 Å². The Labute approximate surface area is 271 Å². The summed E-state index contributed by atoms with van der Waals surface area (Å²) in [6.07, 6.45) is 2.35. The van der Waals surface area contributed by atoms with Crippen LogP contribution >= 0.6 is 23.1 Å². The average molecular weight is 658 g/mol. The summed E-state index contributed by atoms with van der Waals surface area (Å²) in [7, 11) is 1.28. The molecule has 0 unspecified atom stereocenters. The monoisotopic (exact) mass is 657 g/mol. The molecule has 0 bridgehead atoms. The molecule has 0 radical (unpaired) electrons. The van der Waals surface area contributed by atoms with Gasteiger partial charge in [-0.25, -0.2) is 14.6 Å². The number of oxime groups is 1. The van der Waals surface area contributed by atoms with Gasteiger partial charge in [0.25, 0.3) is 11.8 Å². The fourth-order valence-electron chi connectivity index (χ4n) is 5.12. The first-order valence-corrected chi connectivity index (χ1v) is 15.9. The topological polar surface area (TPSA) is 163 Å². The van der Waals surface area contributed by atoms with Crippen molar-refractivity contribution in [1.82, 2.24) is 15.2 Å². The highest BCUT2D eigenvalue weighted by Crippen LogP contribution is 2.42. The highest BCUT2D eigenvalue weighted by molar-refractivity contribution is 8.00. The Morgan fingerprint density at radius 3 is 2.37 bits per heavy atom. The molecule has 0 spiro atoms. The van der Waals surface area contributed by atoms with E-state index in [0.717, 1.165) is 22.5 Å². The summed E-state index contributed by atoms with van der Waals surface area (Å²) in [5, 5.41) is 7.64. The van der Waals surface area contributed by atoms with Crippen molar-refractivity contribution in [1.29, 1.82) is 0 Å². The quantitative estimate of drug-likeness (QED) is 0.151. The zero-order chi connectivity index (χ0) is 32.4. The molecular formula is C32H27N5O7S2. The normalized spacial score (nSPS) is 20.2. The Balaban J connectivity index is 1.32. The molecule has 2 amide bonds. The van der Waals surface area contributed by atoms with E-state index in [-0.39, 0.29) is 33.7 Å². The van der Waals surface area contributed by atoms with Crippen LogP contribution in [-0.4, -0.2) is 63.6 Å². The number of carbonyl (C=O) groups is 4. The lowest BCUT2D eigenvalue weighted by molar-refractivity contribution is -0.154. The number of aromatic nitrogens is 1. The number of hydrogen-bond acceptors (Lipinski definition) is 12. The molecule has 2 aromatic carbocycles. The van der Waals surface area contributed by atoms with Crippen molar-refractivity contribution in [3.8, 4) is 0 Å². The molecule has 12 nitrogen and oxygen atoms in total. The SMILES string of the molecule is CO/N=C(\C(=O)N[C@@H]1C(=O)N2C(C(=O)OC(c3ccccc3)c3ccccc3)=C(/C=C3\C=C(C)C(=O)O3)CS[C@H]12)c1csc(N)n1. The highest BCUT2D eigenvalue weighted by Gasteiger charge is 2.55. The molecule has 14 heteroatoms. The number of thiazole rings is 1. The number of nitrogens with two attached hydrogens (primary N) is 1. The third-order valence-electron chi connectivity index (χ3n) is 7.28. The molecule has 3 aromatic rings. The lowest BCUT2D eigenvalue weighted by atomic mass is 10.00. The van der Waals surface area contributed by atoms with Crippen LogP contribution in [0.1, 0.15) is 29.8 Å². The highest BCUT2D eigenvalue weighted by atomic mass is 32.2. The third kappa shape index (κ3) is 6.04. The Kier molecular flexibility index (Phi) is 8.72. The van der Waals surface area contributed by atoms with E-state index in [1.54, 1.807) is 24.5 Å². The van der Waals surface area contributed by atoms with Gasteiger partial charge in [0, 0.05) is 16.7 Å². The van der Waals surface area contributed by atoms with Crippen molar-refractivity contribution in [2.45, 2.75) is 24.4 Å². The van der Waals surface area contributed by atoms with Crippen LogP contribution in [0.4, 0.5) is 5.13 Å². The minimum Gasteiger partial charge on any atom is -0.448 e. The van der Waals surface area contributed by atoms with Crippen molar-refractivity contribution in [3.63, 3.8) is 0 Å². The van der Waals surface area contributed by atoms with E-state index in [2.05, 4.69) is 15.5 Å². The predicted octanol–water partition coefficient (Wildman–Crippen LogP) is 3.45. The molecule has 3 aliphatic heterocycles.